The minimum absolute atomic E-state index is 0.320. The van der Waals surface area contributed by atoms with Gasteiger partial charge < -0.3 is 5.32 Å². The molecule has 0 unspecified atom stereocenters. The molecule has 12 heavy (non-hydrogen) atoms. The van der Waals surface area contributed by atoms with Crippen LogP contribution in [0.2, 0.25) is 0 Å². The van der Waals surface area contributed by atoms with Crippen molar-refractivity contribution in [3.05, 3.63) is 0 Å². The Bertz CT molecular complexity index is 141. The third-order valence-electron chi connectivity index (χ3n) is 1.93. The van der Waals surface area contributed by atoms with Crippen molar-refractivity contribution in [1.82, 2.24) is 5.32 Å². The van der Waals surface area contributed by atoms with Crippen LogP contribution in [0.25, 0.3) is 0 Å². The second-order valence-electron chi connectivity index (χ2n) is 3.04. The molecule has 0 aliphatic heterocycles. The molecule has 2 nitrogen and oxygen atoms in total. The summed E-state index contributed by atoms with van der Waals surface area (Å²) >= 11 is 0. The predicted octanol–water partition coefficient (Wildman–Crippen LogP) is 2.04. The van der Waals surface area contributed by atoms with Gasteiger partial charge in [-0.05, 0) is 12.8 Å². The van der Waals surface area contributed by atoms with Crippen molar-refractivity contribution in [2.24, 2.45) is 0 Å². The van der Waals surface area contributed by atoms with Crippen molar-refractivity contribution < 1.29 is 9.18 Å². The lowest BCUT2D eigenvalue weighted by Gasteiger charge is -2.21. The normalized spacial score (nSPS) is 11.3. The smallest absolute Gasteiger partial charge is 0.257 e. The number of carbonyl (C=O) groups is 1. The summed E-state index contributed by atoms with van der Waals surface area (Å²) in [6, 6.07) is 0. The first-order chi connectivity index (χ1) is 5.60. The maximum absolute atomic E-state index is 13.8. The number of rotatable bonds is 5. The van der Waals surface area contributed by atoms with E-state index in [1.54, 1.807) is 0 Å². The Kier molecular flexibility index (Phi) is 4.86. The second kappa shape index (κ2) is 5.12. The molecule has 72 valence electrons. The summed E-state index contributed by atoms with van der Waals surface area (Å²) in [4.78, 5) is 11.1. The Morgan fingerprint density at radius 1 is 1.33 bits per heavy atom. The molecule has 0 radical (unpaired) electrons. The van der Waals surface area contributed by atoms with Crippen LogP contribution in [0.15, 0.2) is 0 Å². The van der Waals surface area contributed by atoms with E-state index in [1.165, 1.54) is 7.05 Å². The van der Waals surface area contributed by atoms with Crippen LogP contribution in [0.3, 0.4) is 0 Å². The van der Waals surface area contributed by atoms with Crippen molar-refractivity contribution in [3.8, 4) is 0 Å². The fourth-order valence-electron chi connectivity index (χ4n) is 1.37. The zero-order valence-corrected chi connectivity index (χ0v) is 8.11. The summed E-state index contributed by atoms with van der Waals surface area (Å²) in [6.07, 6.45) is 2.04. The van der Waals surface area contributed by atoms with Crippen LogP contribution in [-0.2, 0) is 4.79 Å². The van der Waals surface area contributed by atoms with Crippen molar-refractivity contribution >= 4 is 5.91 Å². The summed E-state index contributed by atoms with van der Waals surface area (Å²) in [7, 11) is 1.47. The largest absolute Gasteiger partial charge is 0.356 e. The van der Waals surface area contributed by atoms with E-state index in [4.69, 9.17) is 0 Å². The highest BCUT2D eigenvalue weighted by Crippen LogP contribution is 2.24. The quantitative estimate of drug-likeness (QED) is 0.680. The number of amides is 1. The Hall–Kier alpha value is -0.600. The number of hydrogen-bond donors (Lipinski definition) is 1. The van der Waals surface area contributed by atoms with E-state index < -0.39 is 11.6 Å². The maximum atomic E-state index is 13.8. The third-order valence-corrected chi connectivity index (χ3v) is 1.93. The summed E-state index contributed by atoms with van der Waals surface area (Å²) in [6.45, 7) is 3.76. The number of nitrogens with one attached hydrogen (secondary N) is 1. The standard InChI is InChI=1S/C9H18FNO/c1-4-6-9(10,7-5-2)8(12)11-3/h4-7H2,1-3H3,(H,11,12). The SMILES string of the molecule is CCCC(F)(CCC)C(=O)NC. The average molecular weight is 175 g/mol. The van der Waals surface area contributed by atoms with Crippen molar-refractivity contribution in [1.29, 1.82) is 0 Å². The molecule has 1 amide bonds. The molecule has 0 heterocycles. The van der Waals surface area contributed by atoms with Gasteiger partial charge in [0.1, 0.15) is 0 Å². The fourth-order valence-corrected chi connectivity index (χ4v) is 1.37. The van der Waals surface area contributed by atoms with Crippen molar-refractivity contribution in [2.75, 3.05) is 7.05 Å². The summed E-state index contributed by atoms with van der Waals surface area (Å²) in [5.74, 6) is -0.480. The van der Waals surface area contributed by atoms with Gasteiger partial charge in [0.2, 0.25) is 0 Å². The van der Waals surface area contributed by atoms with Gasteiger partial charge in [0.15, 0.2) is 5.67 Å². The summed E-state index contributed by atoms with van der Waals surface area (Å²) in [5.41, 5.74) is -1.64. The number of halogens is 1. The first kappa shape index (κ1) is 11.4. The van der Waals surface area contributed by atoms with Gasteiger partial charge in [-0.2, -0.15) is 0 Å². The Morgan fingerprint density at radius 3 is 2.00 bits per heavy atom. The number of alkyl halides is 1. The van der Waals surface area contributed by atoms with Crippen LogP contribution >= 0.6 is 0 Å². The van der Waals surface area contributed by atoms with Gasteiger partial charge in [0, 0.05) is 7.05 Å². The van der Waals surface area contributed by atoms with E-state index in [2.05, 4.69) is 5.32 Å². The molecule has 3 heteroatoms. The molecule has 0 spiro atoms. The molecule has 1 N–H and O–H groups in total. The Labute approximate surface area is 73.5 Å². The fraction of sp³-hybridized carbons (Fsp3) is 0.889. The number of carbonyl (C=O) groups excluding carboxylic acids is 1. The van der Waals surface area contributed by atoms with Crippen LogP contribution < -0.4 is 5.32 Å². The lowest BCUT2D eigenvalue weighted by atomic mass is 9.94. The zero-order chi connectivity index (χ0) is 9.61. The topological polar surface area (TPSA) is 29.1 Å². The minimum Gasteiger partial charge on any atom is -0.356 e. The Balaban J connectivity index is 4.26. The van der Waals surface area contributed by atoms with E-state index in [-0.39, 0.29) is 0 Å². The molecule has 0 aliphatic carbocycles. The molecule has 0 fully saturated rings. The van der Waals surface area contributed by atoms with Gasteiger partial charge in [0.05, 0.1) is 0 Å². The van der Waals surface area contributed by atoms with E-state index in [1.807, 2.05) is 13.8 Å². The molecule has 0 aliphatic rings. The minimum atomic E-state index is -1.64. The van der Waals surface area contributed by atoms with Gasteiger partial charge in [-0.25, -0.2) is 4.39 Å². The molecule has 0 rings (SSSR count). The van der Waals surface area contributed by atoms with Crippen molar-refractivity contribution in [3.63, 3.8) is 0 Å². The highest BCUT2D eigenvalue weighted by atomic mass is 19.1. The molecule has 0 aromatic carbocycles. The lowest BCUT2D eigenvalue weighted by molar-refractivity contribution is -0.133. The van der Waals surface area contributed by atoms with Gasteiger partial charge in [-0.1, -0.05) is 26.7 Å². The first-order valence-electron chi connectivity index (χ1n) is 4.51. The third kappa shape index (κ3) is 2.80. The molecule has 0 saturated carbocycles. The van der Waals surface area contributed by atoms with Crippen molar-refractivity contribution in [2.45, 2.75) is 45.2 Å². The first-order valence-corrected chi connectivity index (χ1v) is 4.51. The van der Waals surface area contributed by atoms with E-state index in [9.17, 15) is 9.18 Å². The highest BCUT2D eigenvalue weighted by Gasteiger charge is 2.35. The van der Waals surface area contributed by atoms with E-state index in [0.717, 1.165) is 0 Å². The Morgan fingerprint density at radius 2 is 1.75 bits per heavy atom. The number of hydrogen-bond acceptors (Lipinski definition) is 1. The van der Waals surface area contributed by atoms with Crippen LogP contribution in [0.1, 0.15) is 39.5 Å². The molecule has 0 saturated heterocycles. The van der Waals surface area contributed by atoms with Gasteiger partial charge in [-0.3, -0.25) is 4.79 Å². The summed E-state index contributed by atoms with van der Waals surface area (Å²) in [5, 5.41) is 2.36. The van der Waals surface area contributed by atoms with E-state index in [0.29, 0.717) is 25.7 Å². The second-order valence-corrected chi connectivity index (χ2v) is 3.04. The summed E-state index contributed by atoms with van der Waals surface area (Å²) < 4.78 is 13.8. The zero-order valence-electron chi connectivity index (χ0n) is 8.11. The highest BCUT2D eigenvalue weighted by molar-refractivity contribution is 5.84. The maximum Gasteiger partial charge on any atom is 0.257 e. The predicted molar refractivity (Wildman–Crippen MR) is 47.7 cm³/mol. The monoisotopic (exact) mass is 175 g/mol. The van der Waals surface area contributed by atoms with Crippen LogP contribution in [0, 0.1) is 0 Å². The van der Waals surface area contributed by atoms with Crippen LogP contribution in [0.5, 0.6) is 0 Å². The molecular formula is C9H18FNO. The molecular weight excluding hydrogens is 157 g/mol. The van der Waals surface area contributed by atoms with Gasteiger partial charge in [-0.15, -0.1) is 0 Å². The van der Waals surface area contributed by atoms with Gasteiger partial charge >= 0.3 is 0 Å². The molecule has 0 aromatic rings. The van der Waals surface area contributed by atoms with Crippen LogP contribution in [0.4, 0.5) is 4.39 Å². The van der Waals surface area contributed by atoms with E-state index >= 15 is 0 Å². The molecule has 0 bridgehead atoms. The molecule has 0 atom stereocenters. The van der Waals surface area contributed by atoms with Gasteiger partial charge in [0.25, 0.3) is 5.91 Å². The average Bonchev–Trinajstić information content (AvgIpc) is 2.04. The molecule has 0 aromatic heterocycles. The van der Waals surface area contributed by atoms with Crippen LogP contribution in [-0.4, -0.2) is 18.6 Å². The lowest BCUT2D eigenvalue weighted by Crippen LogP contribution is -2.41.